The molecule has 14 heteroatoms. The van der Waals surface area contributed by atoms with Gasteiger partial charge in [0.2, 0.25) is 0 Å². The van der Waals surface area contributed by atoms with Crippen molar-refractivity contribution in [1.29, 1.82) is 0 Å². The number of ether oxygens (including phenoxy) is 1. The molecule has 4 N–H and O–H groups in total. The lowest BCUT2D eigenvalue weighted by atomic mass is 10.2. The average Bonchev–Trinajstić information content (AvgIpc) is 3.20. The second-order valence-corrected chi connectivity index (χ2v) is 15.7. The molecule has 3 heterocycles. The monoisotopic (exact) mass is 490 g/mol. The third kappa shape index (κ3) is 5.21. The predicted molar refractivity (Wildman–Crippen MR) is 121 cm³/mol. The van der Waals surface area contributed by atoms with E-state index >= 15 is 0 Å². The van der Waals surface area contributed by atoms with Crippen LogP contribution in [-0.2, 0) is 23.7 Å². The Kier molecular flexibility index (Phi) is 6.73. The molecule has 3 atom stereocenters. The summed E-state index contributed by atoms with van der Waals surface area (Å²) < 4.78 is 41.9. The zero-order valence-electron chi connectivity index (χ0n) is 18.5. The zero-order valence-corrected chi connectivity index (χ0v) is 21.2. The SMILES string of the molecule is CSc1nn([C@H]2C[C@@H](O[Si](C)(C)C(C)(C)C)[C@@H](COS(N)(=O)=O)O2)c2ncnc(N)c12. The van der Waals surface area contributed by atoms with Gasteiger partial charge in [-0.05, 0) is 24.4 Å². The Labute approximate surface area is 187 Å². The van der Waals surface area contributed by atoms with Gasteiger partial charge in [-0.3, -0.25) is 4.18 Å². The van der Waals surface area contributed by atoms with E-state index in [4.69, 9.17) is 24.2 Å². The van der Waals surface area contributed by atoms with Gasteiger partial charge >= 0.3 is 10.3 Å². The van der Waals surface area contributed by atoms with Crippen LogP contribution in [0.2, 0.25) is 18.1 Å². The quantitative estimate of drug-likeness (QED) is 0.434. The Morgan fingerprint density at radius 2 is 2.03 bits per heavy atom. The van der Waals surface area contributed by atoms with Gasteiger partial charge in [0.15, 0.2) is 20.2 Å². The fourth-order valence-corrected chi connectivity index (χ4v) is 5.40. The Bertz CT molecular complexity index is 1060. The van der Waals surface area contributed by atoms with E-state index in [0.717, 1.165) is 0 Å². The standard InChI is InChI=1S/C17H30N6O5S2Si/c1-17(2,3)31(5,6)28-10-7-12(27-11(10)8-26-30(19,24)25)23-15-13(16(22-23)29-4)14(18)20-9-21-15/h9-12H,7-8H2,1-6H3,(H2,18,20,21)(H2,19,24,25)/t10-,11-,12-/m1/s1. The highest BCUT2D eigenvalue weighted by Gasteiger charge is 2.46. The number of rotatable bonds is 7. The van der Waals surface area contributed by atoms with Crippen molar-refractivity contribution in [2.45, 2.75) is 68.8 Å². The molecule has 31 heavy (non-hydrogen) atoms. The van der Waals surface area contributed by atoms with Gasteiger partial charge in [0.05, 0.1) is 18.1 Å². The van der Waals surface area contributed by atoms with Crippen molar-refractivity contribution < 1.29 is 21.8 Å². The van der Waals surface area contributed by atoms with Crippen molar-refractivity contribution in [1.82, 2.24) is 19.7 Å². The molecule has 0 radical (unpaired) electrons. The molecular weight excluding hydrogens is 460 g/mol. The first-order valence-corrected chi connectivity index (χ1v) is 15.4. The van der Waals surface area contributed by atoms with E-state index < -0.39 is 37.1 Å². The normalized spacial score (nSPS) is 23.0. The molecule has 0 bridgehead atoms. The lowest BCUT2D eigenvalue weighted by molar-refractivity contribution is -0.0395. The van der Waals surface area contributed by atoms with Gasteiger partial charge in [0, 0.05) is 6.42 Å². The molecule has 174 valence electrons. The molecule has 1 fully saturated rings. The molecule has 0 saturated carbocycles. The van der Waals surface area contributed by atoms with E-state index in [0.29, 0.717) is 28.3 Å². The van der Waals surface area contributed by atoms with Crippen molar-refractivity contribution in [3.05, 3.63) is 6.33 Å². The van der Waals surface area contributed by atoms with Crippen LogP contribution in [0.25, 0.3) is 11.0 Å². The molecule has 1 aliphatic rings. The van der Waals surface area contributed by atoms with Crippen molar-refractivity contribution in [3.8, 4) is 0 Å². The number of nitrogen functional groups attached to an aromatic ring is 1. The molecule has 11 nitrogen and oxygen atoms in total. The predicted octanol–water partition coefficient (Wildman–Crippen LogP) is 2.03. The molecule has 2 aromatic heterocycles. The van der Waals surface area contributed by atoms with Crippen molar-refractivity contribution >= 4 is 47.2 Å². The summed E-state index contributed by atoms with van der Waals surface area (Å²) in [7, 11) is -6.29. The van der Waals surface area contributed by atoms with Crippen molar-refractivity contribution in [2.24, 2.45) is 5.14 Å². The van der Waals surface area contributed by atoms with Gasteiger partial charge in [-0.1, -0.05) is 20.8 Å². The summed E-state index contributed by atoms with van der Waals surface area (Å²) in [5.41, 5.74) is 6.59. The molecule has 3 rings (SSSR count). The third-order valence-corrected chi connectivity index (χ3v) is 11.4. The smallest absolute Gasteiger partial charge is 0.333 e. The highest BCUT2D eigenvalue weighted by atomic mass is 32.2. The van der Waals surface area contributed by atoms with Gasteiger partial charge in [0.25, 0.3) is 0 Å². The summed E-state index contributed by atoms with van der Waals surface area (Å²) in [5, 5.41) is 10.9. The van der Waals surface area contributed by atoms with E-state index in [1.807, 2.05) is 6.26 Å². The summed E-state index contributed by atoms with van der Waals surface area (Å²) in [4.78, 5) is 8.40. The number of nitrogens with two attached hydrogens (primary N) is 2. The Balaban J connectivity index is 1.95. The van der Waals surface area contributed by atoms with E-state index in [1.54, 1.807) is 4.68 Å². The van der Waals surface area contributed by atoms with E-state index in [1.165, 1.54) is 18.1 Å². The minimum atomic E-state index is -4.12. The first-order valence-electron chi connectivity index (χ1n) is 9.76. The van der Waals surface area contributed by atoms with E-state index in [9.17, 15) is 8.42 Å². The van der Waals surface area contributed by atoms with Gasteiger partial charge < -0.3 is 14.9 Å². The van der Waals surface area contributed by atoms with Crippen LogP contribution >= 0.6 is 11.8 Å². The van der Waals surface area contributed by atoms with Crippen LogP contribution < -0.4 is 10.9 Å². The fourth-order valence-electron chi connectivity index (χ4n) is 3.15. The molecule has 0 spiro atoms. The molecule has 1 aliphatic heterocycles. The lowest BCUT2D eigenvalue weighted by Crippen LogP contribution is -2.46. The summed E-state index contributed by atoms with van der Waals surface area (Å²) in [6.07, 6.45) is 2.12. The van der Waals surface area contributed by atoms with Crippen LogP contribution in [0.3, 0.4) is 0 Å². The number of nitrogens with zero attached hydrogens (tertiary/aromatic N) is 4. The third-order valence-electron chi connectivity index (χ3n) is 5.78. The van der Waals surface area contributed by atoms with Crippen molar-refractivity contribution in [2.75, 3.05) is 18.6 Å². The molecule has 0 amide bonds. The Morgan fingerprint density at radius 1 is 1.35 bits per heavy atom. The maximum Gasteiger partial charge on any atom is 0.333 e. The molecular formula is C17H30N6O5S2Si. The largest absolute Gasteiger partial charge is 0.411 e. The second kappa shape index (κ2) is 8.57. The first kappa shape index (κ1) is 24.4. The number of hydrogen-bond donors (Lipinski definition) is 2. The molecule has 1 saturated heterocycles. The molecule has 0 aliphatic carbocycles. The number of anilines is 1. The van der Waals surface area contributed by atoms with Gasteiger partial charge in [-0.25, -0.2) is 19.8 Å². The van der Waals surface area contributed by atoms with Crippen LogP contribution in [-0.4, -0.2) is 61.6 Å². The fraction of sp³-hybridized carbons (Fsp3) is 0.706. The Morgan fingerprint density at radius 3 is 2.61 bits per heavy atom. The van der Waals surface area contributed by atoms with Crippen LogP contribution in [0.5, 0.6) is 0 Å². The highest BCUT2D eigenvalue weighted by molar-refractivity contribution is 7.98. The average molecular weight is 491 g/mol. The molecule has 2 aromatic rings. The maximum absolute atomic E-state index is 11.4. The molecule has 0 unspecified atom stereocenters. The lowest BCUT2D eigenvalue weighted by Gasteiger charge is -2.39. The number of aromatic nitrogens is 4. The van der Waals surface area contributed by atoms with Crippen LogP contribution in [0, 0.1) is 0 Å². The first-order chi connectivity index (χ1) is 14.2. The number of hydrogen-bond acceptors (Lipinski definition) is 10. The molecule has 0 aromatic carbocycles. The summed E-state index contributed by atoms with van der Waals surface area (Å²) in [5.74, 6) is 0.335. The van der Waals surface area contributed by atoms with E-state index in [2.05, 4.69) is 48.9 Å². The van der Waals surface area contributed by atoms with Crippen LogP contribution in [0.1, 0.15) is 33.4 Å². The summed E-state index contributed by atoms with van der Waals surface area (Å²) in [6.45, 7) is 10.4. The zero-order chi connectivity index (χ0) is 23.2. The minimum Gasteiger partial charge on any atom is -0.411 e. The second-order valence-electron chi connectivity index (χ2n) is 8.97. The maximum atomic E-state index is 11.4. The van der Waals surface area contributed by atoms with Gasteiger partial charge in [0.1, 0.15) is 23.3 Å². The Hall–Kier alpha value is -1.29. The van der Waals surface area contributed by atoms with Gasteiger partial charge in [-0.2, -0.15) is 13.5 Å². The van der Waals surface area contributed by atoms with E-state index in [-0.39, 0.29) is 11.6 Å². The van der Waals surface area contributed by atoms with Gasteiger partial charge in [-0.15, -0.1) is 11.8 Å². The highest BCUT2D eigenvalue weighted by Crippen LogP contribution is 2.42. The number of fused-ring (bicyclic) bond motifs is 1. The summed E-state index contributed by atoms with van der Waals surface area (Å²) >= 11 is 1.43. The number of thioether (sulfide) groups is 1. The van der Waals surface area contributed by atoms with Crippen LogP contribution in [0.15, 0.2) is 11.4 Å². The minimum absolute atomic E-state index is 0.0392. The van der Waals surface area contributed by atoms with Crippen molar-refractivity contribution in [3.63, 3.8) is 0 Å². The van der Waals surface area contributed by atoms with Crippen LogP contribution in [0.4, 0.5) is 5.82 Å². The topological polar surface area (TPSA) is 157 Å². The summed E-state index contributed by atoms with van der Waals surface area (Å²) in [6, 6.07) is 0.